The van der Waals surface area contributed by atoms with E-state index in [1.54, 1.807) is 7.11 Å². The molecule has 0 heterocycles. The van der Waals surface area contributed by atoms with Gasteiger partial charge in [-0.1, -0.05) is 36.4 Å². The molecule has 2 nitrogen and oxygen atoms in total. The zero-order valence-corrected chi connectivity index (χ0v) is 10.1. The van der Waals surface area contributed by atoms with Crippen LogP contribution in [-0.4, -0.2) is 12.9 Å². The van der Waals surface area contributed by atoms with Gasteiger partial charge in [0.15, 0.2) is 5.78 Å². The number of carbonyl (C=O) groups is 1. The third-order valence-electron chi connectivity index (χ3n) is 2.89. The molecular formula is C14H10O2S. The summed E-state index contributed by atoms with van der Waals surface area (Å²) in [5.41, 5.74) is 3.57. The van der Waals surface area contributed by atoms with Gasteiger partial charge in [-0.3, -0.25) is 4.79 Å². The van der Waals surface area contributed by atoms with Gasteiger partial charge < -0.3 is 4.18 Å². The molecule has 1 aliphatic rings. The van der Waals surface area contributed by atoms with Crippen LogP contribution in [0.15, 0.2) is 47.4 Å². The maximum atomic E-state index is 12.3. The van der Waals surface area contributed by atoms with Crippen LogP contribution >= 0.6 is 12.0 Å². The predicted octanol–water partition coefficient (Wildman–Crippen LogP) is 3.55. The molecule has 0 saturated carbocycles. The highest BCUT2D eigenvalue weighted by molar-refractivity contribution is 7.94. The summed E-state index contributed by atoms with van der Waals surface area (Å²) in [5.74, 6) is 0.0933. The second kappa shape index (κ2) is 4.02. The third-order valence-corrected chi connectivity index (χ3v) is 3.57. The number of benzene rings is 2. The Balaban J connectivity index is 2.27. The van der Waals surface area contributed by atoms with Crippen LogP contribution in [0.2, 0.25) is 0 Å². The molecule has 0 fully saturated rings. The van der Waals surface area contributed by atoms with Crippen LogP contribution < -0.4 is 0 Å². The van der Waals surface area contributed by atoms with E-state index in [4.69, 9.17) is 4.18 Å². The zero-order valence-electron chi connectivity index (χ0n) is 9.27. The molecule has 0 aliphatic heterocycles. The fourth-order valence-electron chi connectivity index (χ4n) is 2.20. The van der Waals surface area contributed by atoms with E-state index in [9.17, 15) is 4.79 Å². The Labute approximate surface area is 104 Å². The first-order chi connectivity index (χ1) is 8.33. The van der Waals surface area contributed by atoms with Gasteiger partial charge in [0, 0.05) is 28.1 Å². The summed E-state index contributed by atoms with van der Waals surface area (Å²) in [6.45, 7) is 0. The Bertz CT molecular complexity index is 605. The molecule has 0 radical (unpaired) electrons. The van der Waals surface area contributed by atoms with E-state index in [0.29, 0.717) is 0 Å². The summed E-state index contributed by atoms with van der Waals surface area (Å²) >= 11 is 1.23. The normalized spacial score (nSPS) is 12.4. The lowest BCUT2D eigenvalue weighted by Crippen LogP contribution is -1.97. The van der Waals surface area contributed by atoms with E-state index in [2.05, 4.69) is 0 Å². The molecule has 0 unspecified atom stereocenters. The molecule has 0 amide bonds. The minimum absolute atomic E-state index is 0.0933. The standard InChI is InChI=1S/C14H10O2S/c1-16-17-12-8-4-7-10-9-5-2-3-6-11(9)14(15)13(10)12/h2-8H,1H3. The first-order valence-electron chi connectivity index (χ1n) is 5.30. The van der Waals surface area contributed by atoms with Gasteiger partial charge in [0.2, 0.25) is 0 Å². The van der Waals surface area contributed by atoms with E-state index >= 15 is 0 Å². The minimum atomic E-state index is 0.0933. The molecule has 0 aromatic heterocycles. The number of rotatable bonds is 2. The lowest BCUT2D eigenvalue weighted by atomic mass is 10.1. The van der Waals surface area contributed by atoms with Crippen molar-refractivity contribution < 1.29 is 8.98 Å². The van der Waals surface area contributed by atoms with Gasteiger partial charge >= 0.3 is 0 Å². The van der Waals surface area contributed by atoms with Gasteiger partial charge in [0.05, 0.1) is 7.11 Å². The summed E-state index contributed by atoms with van der Waals surface area (Å²) in [6.07, 6.45) is 0. The molecule has 0 bridgehead atoms. The van der Waals surface area contributed by atoms with E-state index in [-0.39, 0.29) is 5.78 Å². The molecule has 3 rings (SSSR count). The maximum Gasteiger partial charge on any atom is 0.195 e. The molecule has 84 valence electrons. The third kappa shape index (κ3) is 1.51. The van der Waals surface area contributed by atoms with Crippen molar-refractivity contribution in [2.75, 3.05) is 7.11 Å². The highest BCUT2D eigenvalue weighted by atomic mass is 32.2. The van der Waals surface area contributed by atoms with Crippen LogP contribution in [0.3, 0.4) is 0 Å². The van der Waals surface area contributed by atoms with Gasteiger partial charge in [0.25, 0.3) is 0 Å². The van der Waals surface area contributed by atoms with E-state index in [0.717, 1.165) is 27.1 Å². The Kier molecular flexibility index (Phi) is 2.50. The molecular weight excluding hydrogens is 232 g/mol. The molecule has 17 heavy (non-hydrogen) atoms. The largest absolute Gasteiger partial charge is 0.314 e. The van der Waals surface area contributed by atoms with Crippen molar-refractivity contribution in [1.82, 2.24) is 0 Å². The second-order valence-electron chi connectivity index (χ2n) is 3.80. The second-order valence-corrected chi connectivity index (χ2v) is 4.74. The van der Waals surface area contributed by atoms with Crippen LogP contribution in [0.4, 0.5) is 0 Å². The topological polar surface area (TPSA) is 26.3 Å². The van der Waals surface area contributed by atoms with Crippen LogP contribution in [-0.2, 0) is 4.18 Å². The maximum absolute atomic E-state index is 12.3. The highest BCUT2D eigenvalue weighted by Crippen LogP contribution is 2.40. The monoisotopic (exact) mass is 242 g/mol. The highest BCUT2D eigenvalue weighted by Gasteiger charge is 2.28. The van der Waals surface area contributed by atoms with E-state index < -0.39 is 0 Å². The first kappa shape index (κ1) is 10.6. The minimum Gasteiger partial charge on any atom is -0.314 e. The summed E-state index contributed by atoms with van der Waals surface area (Å²) in [5, 5.41) is 0. The van der Waals surface area contributed by atoms with Crippen molar-refractivity contribution in [3.8, 4) is 11.1 Å². The van der Waals surface area contributed by atoms with Gasteiger partial charge in [-0.15, -0.1) is 0 Å². The molecule has 0 saturated heterocycles. The number of carbonyl (C=O) groups excluding carboxylic acids is 1. The van der Waals surface area contributed by atoms with Gasteiger partial charge in [-0.2, -0.15) is 0 Å². The van der Waals surface area contributed by atoms with Crippen LogP contribution in [0.1, 0.15) is 15.9 Å². The quantitative estimate of drug-likeness (QED) is 0.643. The fraction of sp³-hybridized carbons (Fsp3) is 0.0714. The summed E-state index contributed by atoms with van der Waals surface area (Å²) < 4.78 is 5.06. The molecule has 2 aromatic carbocycles. The Hall–Kier alpha value is -1.58. The number of fused-ring (bicyclic) bond motifs is 3. The summed E-state index contributed by atoms with van der Waals surface area (Å²) in [7, 11) is 1.61. The Morgan fingerprint density at radius 2 is 1.65 bits per heavy atom. The predicted molar refractivity (Wildman–Crippen MR) is 68.2 cm³/mol. The summed E-state index contributed by atoms with van der Waals surface area (Å²) in [4.78, 5) is 13.2. The van der Waals surface area contributed by atoms with Crippen molar-refractivity contribution >= 4 is 17.8 Å². The lowest BCUT2D eigenvalue weighted by molar-refractivity contribution is 0.104. The van der Waals surface area contributed by atoms with Gasteiger partial charge in [-0.25, -0.2) is 0 Å². The zero-order chi connectivity index (χ0) is 11.8. The van der Waals surface area contributed by atoms with Crippen molar-refractivity contribution in [3.63, 3.8) is 0 Å². The smallest absolute Gasteiger partial charge is 0.195 e. The molecule has 2 aromatic rings. The molecule has 0 N–H and O–H groups in total. The van der Waals surface area contributed by atoms with Crippen LogP contribution in [0.25, 0.3) is 11.1 Å². The number of ketones is 1. The number of hydrogen-bond acceptors (Lipinski definition) is 3. The van der Waals surface area contributed by atoms with Crippen molar-refractivity contribution in [2.24, 2.45) is 0 Å². The molecule has 1 aliphatic carbocycles. The van der Waals surface area contributed by atoms with Gasteiger partial charge in [0.1, 0.15) is 0 Å². The average Bonchev–Trinajstić information content (AvgIpc) is 2.66. The van der Waals surface area contributed by atoms with Crippen molar-refractivity contribution in [1.29, 1.82) is 0 Å². The SMILES string of the molecule is COSc1cccc2c1C(=O)c1ccccc1-2. The Morgan fingerprint density at radius 3 is 2.41 bits per heavy atom. The molecule has 3 heteroatoms. The fourth-order valence-corrected chi connectivity index (χ4v) is 2.80. The Morgan fingerprint density at radius 1 is 0.941 bits per heavy atom. The van der Waals surface area contributed by atoms with E-state index in [1.807, 2.05) is 42.5 Å². The number of hydrogen-bond donors (Lipinski definition) is 0. The van der Waals surface area contributed by atoms with Crippen molar-refractivity contribution in [2.45, 2.75) is 4.90 Å². The molecule has 0 spiro atoms. The van der Waals surface area contributed by atoms with Crippen LogP contribution in [0, 0.1) is 0 Å². The molecule has 0 atom stereocenters. The van der Waals surface area contributed by atoms with Crippen molar-refractivity contribution in [3.05, 3.63) is 53.6 Å². The van der Waals surface area contributed by atoms with Crippen LogP contribution in [0.5, 0.6) is 0 Å². The van der Waals surface area contributed by atoms with Gasteiger partial charge in [-0.05, 0) is 17.2 Å². The first-order valence-corrected chi connectivity index (χ1v) is 6.05. The summed E-state index contributed by atoms with van der Waals surface area (Å²) in [6, 6.07) is 13.6. The van der Waals surface area contributed by atoms with E-state index in [1.165, 1.54) is 12.0 Å². The lowest BCUT2D eigenvalue weighted by Gasteiger charge is -2.04. The average molecular weight is 242 g/mol.